The lowest BCUT2D eigenvalue weighted by atomic mass is 10.1. The summed E-state index contributed by atoms with van der Waals surface area (Å²) in [5, 5.41) is 3.15. The Hall–Kier alpha value is -3.23. The van der Waals surface area contributed by atoms with E-state index in [1.165, 1.54) is 4.52 Å². The number of H-pyrrole nitrogens is 2. The summed E-state index contributed by atoms with van der Waals surface area (Å²) in [6.45, 7) is 7.84. The average Bonchev–Trinajstić information content (AvgIpc) is 3.31. The predicted octanol–water partition coefficient (Wildman–Crippen LogP) is 1.50. The molecular formula is C21H26N6O3. The first kappa shape index (κ1) is 20.1. The molecule has 0 spiro atoms. The SMILES string of the molecule is CCc1c(C)nc2cc(C3CCCN3C(=O)Cc3c(C)nc(C)[nH]c3=O)[nH]n2c1=O. The van der Waals surface area contributed by atoms with E-state index in [1.54, 1.807) is 18.7 Å². The zero-order chi connectivity index (χ0) is 21.6. The molecule has 0 aliphatic carbocycles. The lowest BCUT2D eigenvalue weighted by Crippen LogP contribution is -2.34. The van der Waals surface area contributed by atoms with E-state index in [4.69, 9.17) is 0 Å². The number of amides is 1. The van der Waals surface area contributed by atoms with E-state index >= 15 is 0 Å². The third-order valence-corrected chi connectivity index (χ3v) is 5.89. The second-order valence-electron chi connectivity index (χ2n) is 7.88. The molecule has 0 aromatic carbocycles. The highest BCUT2D eigenvalue weighted by molar-refractivity contribution is 5.79. The monoisotopic (exact) mass is 410 g/mol. The maximum Gasteiger partial charge on any atom is 0.276 e. The maximum atomic E-state index is 13.1. The number of rotatable bonds is 4. The minimum Gasteiger partial charge on any atom is -0.334 e. The molecule has 1 fully saturated rings. The van der Waals surface area contributed by atoms with E-state index in [0.29, 0.717) is 41.3 Å². The first-order valence-electron chi connectivity index (χ1n) is 10.3. The third-order valence-electron chi connectivity index (χ3n) is 5.89. The number of carbonyl (C=O) groups excluding carboxylic acids is 1. The molecule has 9 nitrogen and oxygen atoms in total. The zero-order valence-corrected chi connectivity index (χ0v) is 17.7. The van der Waals surface area contributed by atoms with Crippen molar-refractivity contribution >= 4 is 11.6 Å². The number of nitrogens with one attached hydrogen (secondary N) is 2. The predicted molar refractivity (Wildman–Crippen MR) is 112 cm³/mol. The molecule has 1 unspecified atom stereocenters. The molecule has 4 rings (SSSR count). The summed E-state index contributed by atoms with van der Waals surface area (Å²) in [7, 11) is 0. The number of likely N-dealkylation sites (tertiary alicyclic amines) is 1. The molecule has 1 saturated heterocycles. The molecule has 2 N–H and O–H groups in total. The molecule has 3 aromatic rings. The molecule has 3 aromatic heterocycles. The van der Waals surface area contributed by atoms with Crippen molar-refractivity contribution in [3.63, 3.8) is 0 Å². The molecule has 0 radical (unpaired) electrons. The smallest absolute Gasteiger partial charge is 0.276 e. The maximum absolute atomic E-state index is 13.1. The van der Waals surface area contributed by atoms with Gasteiger partial charge in [0.05, 0.1) is 18.2 Å². The van der Waals surface area contributed by atoms with Crippen molar-refractivity contribution in [1.82, 2.24) is 29.5 Å². The van der Waals surface area contributed by atoms with Crippen LogP contribution < -0.4 is 11.1 Å². The van der Waals surface area contributed by atoms with E-state index in [0.717, 1.165) is 24.2 Å². The number of aromatic amines is 2. The zero-order valence-electron chi connectivity index (χ0n) is 17.7. The van der Waals surface area contributed by atoms with Crippen molar-refractivity contribution in [3.8, 4) is 0 Å². The second kappa shape index (κ2) is 7.55. The van der Waals surface area contributed by atoms with Gasteiger partial charge in [-0.25, -0.2) is 14.5 Å². The van der Waals surface area contributed by atoms with Crippen molar-refractivity contribution < 1.29 is 4.79 Å². The van der Waals surface area contributed by atoms with Gasteiger partial charge in [-0.1, -0.05) is 6.92 Å². The second-order valence-corrected chi connectivity index (χ2v) is 7.88. The van der Waals surface area contributed by atoms with Gasteiger partial charge < -0.3 is 9.88 Å². The fourth-order valence-electron chi connectivity index (χ4n) is 4.37. The molecule has 158 valence electrons. The van der Waals surface area contributed by atoms with Gasteiger partial charge in [0, 0.05) is 35.1 Å². The summed E-state index contributed by atoms with van der Waals surface area (Å²) >= 11 is 0. The number of carbonyl (C=O) groups is 1. The summed E-state index contributed by atoms with van der Waals surface area (Å²) in [6.07, 6.45) is 2.26. The van der Waals surface area contributed by atoms with Gasteiger partial charge in [0.1, 0.15) is 5.82 Å². The van der Waals surface area contributed by atoms with Gasteiger partial charge in [0.2, 0.25) is 5.91 Å². The number of hydrogen-bond donors (Lipinski definition) is 2. The first-order valence-corrected chi connectivity index (χ1v) is 10.3. The number of fused-ring (bicyclic) bond motifs is 1. The molecule has 9 heteroatoms. The highest BCUT2D eigenvalue weighted by Crippen LogP contribution is 2.32. The molecule has 4 heterocycles. The highest BCUT2D eigenvalue weighted by atomic mass is 16.2. The van der Waals surface area contributed by atoms with E-state index in [1.807, 2.05) is 19.9 Å². The lowest BCUT2D eigenvalue weighted by Gasteiger charge is -2.24. The average molecular weight is 410 g/mol. The fourth-order valence-corrected chi connectivity index (χ4v) is 4.37. The van der Waals surface area contributed by atoms with Gasteiger partial charge in [0.25, 0.3) is 11.1 Å². The quantitative estimate of drug-likeness (QED) is 0.676. The van der Waals surface area contributed by atoms with E-state index in [2.05, 4.69) is 20.1 Å². The van der Waals surface area contributed by atoms with Crippen molar-refractivity contribution in [2.45, 2.75) is 59.4 Å². The Kier molecular flexibility index (Phi) is 5.05. The van der Waals surface area contributed by atoms with Crippen molar-refractivity contribution in [2.75, 3.05) is 6.54 Å². The Bertz CT molecular complexity index is 1250. The lowest BCUT2D eigenvalue weighted by molar-refractivity contribution is -0.131. The van der Waals surface area contributed by atoms with Crippen LogP contribution in [0.15, 0.2) is 15.7 Å². The summed E-state index contributed by atoms with van der Waals surface area (Å²) in [5.74, 6) is 0.409. The van der Waals surface area contributed by atoms with Crippen LogP contribution in [0.2, 0.25) is 0 Å². The van der Waals surface area contributed by atoms with Crippen LogP contribution in [0.25, 0.3) is 5.65 Å². The van der Waals surface area contributed by atoms with Gasteiger partial charge in [-0.15, -0.1) is 0 Å². The Balaban J connectivity index is 1.66. The van der Waals surface area contributed by atoms with Crippen LogP contribution in [0, 0.1) is 20.8 Å². The molecule has 0 bridgehead atoms. The summed E-state index contributed by atoms with van der Waals surface area (Å²) < 4.78 is 1.46. The van der Waals surface area contributed by atoms with Crippen LogP contribution in [0.4, 0.5) is 0 Å². The molecular weight excluding hydrogens is 384 g/mol. The first-order chi connectivity index (χ1) is 14.3. The Morgan fingerprint density at radius 3 is 2.60 bits per heavy atom. The summed E-state index contributed by atoms with van der Waals surface area (Å²) in [4.78, 5) is 51.4. The van der Waals surface area contributed by atoms with Crippen LogP contribution in [-0.4, -0.2) is 41.9 Å². The van der Waals surface area contributed by atoms with Crippen LogP contribution in [0.5, 0.6) is 0 Å². The van der Waals surface area contributed by atoms with Crippen LogP contribution in [0.3, 0.4) is 0 Å². The fraction of sp³-hybridized carbons (Fsp3) is 0.476. The topological polar surface area (TPSA) is 116 Å². The van der Waals surface area contributed by atoms with Gasteiger partial charge in [-0.05, 0) is 40.0 Å². The van der Waals surface area contributed by atoms with Crippen molar-refractivity contribution in [3.05, 3.63) is 60.8 Å². The molecule has 1 aliphatic heterocycles. The van der Waals surface area contributed by atoms with Crippen LogP contribution in [0.1, 0.15) is 59.8 Å². The van der Waals surface area contributed by atoms with Crippen LogP contribution in [-0.2, 0) is 17.6 Å². The van der Waals surface area contributed by atoms with Crippen molar-refractivity contribution in [1.29, 1.82) is 0 Å². The Labute approximate surface area is 173 Å². The minimum absolute atomic E-state index is 0.00244. The minimum atomic E-state index is -0.270. The Morgan fingerprint density at radius 2 is 1.90 bits per heavy atom. The molecule has 1 atom stereocenters. The number of hydrogen-bond acceptors (Lipinski definition) is 5. The standard InChI is InChI=1S/C21H26N6O3/c1-5-14-11(2)23-18-10-16(25-27(18)21(14)30)17-7-6-8-26(17)19(28)9-15-12(3)22-13(4)24-20(15)29/h10,17,25H,5-9H2,1-4H3,(H,22,24,29). The molecule has 0 saturated carbocycles. The largest absolute Gasteiger partial charge is 0.334 e. The number of aryl methyl sites for hydroxylation is 3. The third kappa shape index (κ3) is 3.34. The van der Waals surface area contributed by atoms with Gasteiger partial charge in [-0.2, -0.15) is 0 Å². The normalized spacial score (nSPS) is 16.5. The van der Waals surface area contributed by atoms with Gasteiger partial charge >= 0.3 is 0 Å². The van der Waals surface area contributed by atoms with Crippen molar-refractivity contribution in [2.24, 2.45) is 0 Å². The molecule has 1 aliphatic rings. The highest BCUT2D eigenvalue weighted by Gasteiger charge is 2.32. The Morgan fingerprint density at radius 1 is 1.17 bits per heavy atom. The van der Waals surface area contributed by atoms with E-state index in [9.17, 15) is 14.4 Å². The number of nitrogens with zero attached hydrogens (tertiary/aromatic N) is 4. The van der Waals surface area contributed by atoms with E-state index < -0.39 is 0 Å². The molecule has 30 heavy (non-hydrogen) atoms. The summed E-state index contributed by atoms with van der Waals surface area (Å²) in [6, 6.07) is 1.66. The van der Waals surface area contributed by atoms with Crippen LogP contribution >= 0.6 is 0 Å². The van der Waals surface area contributed by atoms with Gasteiger partial charge in [-0.3, -0.25) is 19.5 Å². The number of aromatic nitrogens is 5. The molecule has 1 amide bonds. The van der Waals surface area contributed by atoms with E-state index in [-0.39, 0.29) is 29.5 Å². The summed E-state index contributed by atoms with van der Waals surface area (Å²) in [5.41, 5.74) is 3.35. The van der Waals surface area contributed by atoms with Gasteiger partial charge in [0.15, 0.2) is 5.65 Å².